The lowest BCUT2D eigenvalue weighted by atomic mass is 10.0. The van der Waals surface area contributed by atoms with Crippen LogP contribution >= 0.6 is 0 Å². The minimum atomic E-state index is 0.164. The van der Waals surface area contributed by atoms with Crippen LogP contribution in [-0.2, 0) is 0 Å². The summed E-state index contributed by atoms with van der Waals surface area (Å²) in [7, 11) is 0. The third kappa shape index (κ3) is 2.47. The predicted molar refractivity (Wildman–Crippen MR) is 57.1 cm³/mol. The van der Waals surface area contributed by atoms with Crippen LogP contribution in [0.5, 0.6) is 0 Å². The molecule has 2 fully saturated rings. The number of hydrogen-bond acceptors (Lipinski definition) is 3. The SMILES string of the molecule is NC1(CCN2CCCCC2CO)CC1. The molecule has 1 saturated carbocycles. The average Bonchev–Trinajstić information content (AvgIpc) is 2.95. The van der Waals surface area contributed by atoms with Gasteiger partial charge >= 0.3 is 0 Å². The monoisotopic (exact) mass is 198 g/mol. The Morgan fingerprint density at radius 3 is 2.79 bits per heavy atom. The number of hydrogen-bond donors (Lipinski definition) is 2. The van der Waals surface area contributed by atoms with E-state index in [1.165, 1.54) is 25.7 Å². The molecule has 1 aliphatic carbocycles. The van der Waals surface area contributed by atoms with Gasteiger partial charge in [-0.05, 0) is 38.6 Å². The number of piperidine rings is 1. The van der Waals surface area contributed by atoms with Gasteiger partial charge in [0.1, 0.15) is 0 Å². The fourth-order valence-corrected chi connectivity index (χ4v) is 2.34. The van der Waals surface area contributed by atoms with Crippen molar-refractivity contribution in [2.24, 2.45) is 5.73 Å². The predicted octanol–water partition coefficient (Wildman–Crippen LogP) is 0.715. The van der Waals surface area contributed by atoms with E-state index in [0.29, 0.717) is 12.6 Å². The summed E-state index contributed by atoms with van der Waals surface area (Å²) < 4.78 is 0. The van der Waals surface area contributed by atoms with Gasteiger partial charge in [0.25, 0.3) is 0 Å². The van der Waals surface area contributed by atoms with Crippen molar-refractivity contribution in [1.29, 1.82) is 0 Å². The van der Waals surface area contributed by atoms with Gasteiger partial charge < -0.3 is 10.8 Å². The Kier molecular flexibility index (Phi) is 3.10. The first kappa shape index (κ1) is 10.4. The Morgan fingerprint density at radius 2 is 2.14 bits per heavy atom. The van der Waals surface area contributed by atoms with E-state index in [0.717, 1.165) is 25.9 Å². The van der Waals surface area contributed by atoms with Crippen molar-refractivity contribution in [3.63, 3.8) is 0 Å². The summed E-state index contributed by atoms with van der Waals surface area (Å²) >= 11 is 0. The van der Waals surface area contributed by atoms with E-state index in [4.69, 9.17) is 5.73 Å². The first-order valence-electron chi connectivity index (χ1n) is 5.87. The summed E-state index contributed by atoms with van der Waals surface area (Å²) in [5.41, 5.74) is 6.23. The van der Waals surface area contributed by atoms with Crippen molar-refractivity contribution in [1.82, 2.24) is 4.90 Å². The zero-order valence-electron chi connectivity index (χ0n) is 8.91. The van der Waals surface area contributed by atoms with Gasteiger partial charge in [0.2, 0.25) is 0 Å². The first-order chi connectivity index (χ1) is 6.73. The summed E-state index contributed by atoms with van der Waals surface area (Å²) in [4.78, 5) is 2.43. The van der Waals surface area contributed by atoms with Gasteiger partial charge in [0.05, 0.1) is 6.61 Å². The Bertz CT molecular complexity index is 192. The molecule has 3 heteroatoms. The van der Waals surface area contributed by atoms with Crippen LogP contribution in [0.4, 0.5) is 0 Å². The fourth-order valence-electron chi connectivity index (χ4n) is 2.34. The van der Waals surface area contributed by atoms with Gasteiger partial charge in [-0.15, -0.1) is 0 Å². The van der Waals surface area contributed by atoms with Gasteiger partial charge in [0, 0.05) is 18.1 Å². The second-order valence-corrected chi connectivity index (χ2v) is 4.98. The van der Waals surface area contributed by atoms with Crippen molar-refractivity contribution in [3.05, 3.63) is 0 Å². The van der Waals surface area contributed by atoms with Crippen LogP contribution in [0.15, 0.2) is 0 Å². The van der Waals surface area contributed by atoms with Gasteiger partial charge in [-0.25, -0.2) is 0 Å². The minimum Gasteiger partial charge on any atom is -0.395 e. The fraction of sp³-hybridized carbons (Fsp3) is 1.00. The lowest BCUT2D eigenvalue weighted by Gasteiger charge is -2.35. The normalized spacial score (nSPS) is 31.7. The molecule has 0 amide bonds. The first-order valence-corrected chi connectivity index (χ1v) is 5.87. The molecule has 3 nitrogen and oxygen atoms in total. The Hall–Kier alpha value is -0.120. The maximum Gasteiger partial charge on any atom is 0.0586 e. The summed E-state index contributed by atoms with van der Waals surface area (Å²) in [6.07, 6.45) is 7.23. The van der Waals surface area contributed by atoms with Crippen LogP contribution in [0.2, 0.25) is 0 Å². The number of nitrogens with two attached hydrogens (primary N) is 1. The number of aliphatic hydroxyl groups is 1. The summed E-state index contributed by atoms with van der Waals surface area (Å²) in [5, 5.41) is 9.23. The van der Waals surface area contributed by atoms with Gasteiger partial charge in [-0.1, -0.05) is 6.42 Å². The molecule has 2 aliphatic rings. The molecule has 1 unspecified atom stereocenters. The highest BCUT2D eigenvalue weighted by molar-refractivity contribution is 4.99. The van der Waals surface area contributed by atoms with Gasteiger partial charge in [0.15, 0.2) is 0 Å². The molecule has 14 heavy (non-hydrogen) atoms. The second-order valence-electron chi connectivity index (χ2n) is 4.98. The molecule has 0 radical (unpaired) electrons. The Balaban J connectivity index is 1.76. The van der Waals surface area contributed by atoms with Crippen molar-refractivity contribution in [2.75, 3.05) is 19.7 Å². The Labute approximate surface area is 86.3 Å². The van der Waals surface area contributed by atoms with Crippen LogP contribution in [0.25, 0.3) is 0 Å². The number of nitrogens with zero attached hydrogens (tertiary/aromatic N) is 1. The molecule has 1 saturated heterocycles. The zero-order chi connectivity index (χ0) is 10.0. The lowest BCUT2D eigenvalue weighted by molar-refractivity contribution is 0.0868. The van der Waals surface area contributed by atoms with Crippen LogP contribution in [0.1, 0.15) is 38.5 Å². The van der Waals surface area contributed by atoms with Crippen molar-refractivity contribution in [3.8, 4) is 0 Å². The molecule has 3 N–H and O–H groups in total. The molecule has 0 aromatic heterocycles. The molecule has 0 spiro atoms. The smallest absolute Gasteiger partial charge is 0.0586 e. The molecule has 0 aromatic carbocycles. The van der Waals surface area contributed by atoms with Crippen molar-refractivity contribution in [2.45, 2.75) is 50.1 Å². The maximum absolute atomic E-state index is 9.23. The largest absolute Gasteiger partial charge is 0.395 e. The van der Waals surface area contributed by atoms with E-state index in [1.54, 1.807) is 0 Å². The third-order valence-electron chi connectivity index (χ3n) is 3.75. The number of aliphatic hydroxyl groups excluding tert-OH is 1. The highest BCUT2D eigenvalue weighted by atomic mass is 16.3. The van der Waals surface area contributed by atoms with E-state index in [2.05, 4.69) is 4.90 Å². The van der Waals surface area contributed by atoms with Crippen LogP contribution in [0.3, 0.4) is 0 Å². The van der Waals surface area contributed by atoms with Crippen LogP contribution < -0.4 is 5.73 Å². The molecule has 82 valence electrons. The molecule has 1 atom stereocenters. The molecular weight excluding hydrogens is 176 g/mol. The van der Waals surface area contributed by atoms with Gasteiger partial charge in [-0.3, -0.25) is 4.90 Å². The second kappa shape index (κ2) is 4.17. The summed E-state index contributed by atoms with van der Waals surface area (Å²) in [6.45, 7) is 2.56. The summed E-state index contributed by atoms with van der Waals surface area (Å²) in [6, 6.07) is 0.408. The average molecular weight is 198 g/mol. The highest BCUT2D eigenvalue weighted by Crippen LogP contribution is 2.36. The molecule has 1 aliphatic heterocycles. The molecule has 0 bridgehead atoms. The van der Waals surface area contributed by atoms with E-state index in [9.17, 15) is 5.11 Å². The van der Waals surface area contributed by atoms with Crippen LogP contribution in [0, 0.1) is 0 Å². The molecular formula is C11H22N2O. The maximum atomic E-state index is 9.23. The van der Waals surface area contributed by atoms with E-state index in [-0.39, 0.29) is 5.54 Å². The van der Waals surface area contributed by atoms with E-state index < -0.39 is 0 Å². The molecule has 0 aromatic rings. The van der Waals surface area contributed by atoms with Crippen LogP contribution in [-0.4, -0.2) is 41.3 Å². The summed E-state index contributed by atoms with van der Waals surface area (Å²) in [5.74, 6) is 0. The lowest BCUT2D eigenvalue weighted by Crippen LogP contribution is -2.44. The number of rotatable bonds is 4. The topological polar surface area (TPSA) is 49.5 Å². The molecule has 1 heterocycles. The number of likely N-dealkylation sites (tertiary alicyclic amines) is 1. The van der Waals surface area contributed by atoms with Crippen molar-refractivity contribution >= 4 is 0 Å². The van der Waals surface area contributed by atoms with Gasteiger partial charge in [-0.2, -0.15) is 0 Å². The molecule has 2 rings (SSSR count). The minimum absolute atomic E-state index is 0.164. The highest BCUT2D eigenvalue weighted by Gasteiger charge is 2.38. The van der Waals surface area contributed by atoms with E-state index in [1.807, 2.05) is 0 Å². The quantitative estimate of drug-likeness (QED) is 0.699. The van der Waals surface area contributed by atoms with E-state index >= 15 is 0 Å². The standard InChI is InChI=1S/C11H22N2O/c12-11(4-5-11)6-8-13-7-2-1-3-10(13)9-14/h10,14H,1-9,12H2. The zero-order valence-corrected chi connectivity index (χ0v) is 8.91. The third-order valence-corrected chi connectivity index (χ3v) is 3.75. The Morgan fingerprint density at radius 1 is 1.36 bits per heavy atom. The van der Waals surface area contributed by atoms with Crippen molar-refractivity contribution < 1.29 is 5.11 Å².